The molecule has 0 saturated carbocycles. The molecule has 1 N–H and O–H groups in total. The first kappa shape index (κ1) is 13.1. The van der Waals surface area contributed by atoms with Gasteiger partial charge in [-0.3, -0.25) is 9.67 Å². The number of aromatic nitrogens is 3. The Bertz CT molecular complexity index is 777. The highest BCUT2D eigenvalue weighted by atomic mass is 35.5. The molecule has 0 saturated heterocycles. The first-order valence-electron chi connectivity index (χ1n) is 6.29. The van der Waals surface area contributed by atoms with E-state index in [1.54, 1.807) is 24.1 Å². The fourth-order valence-electron chi connectivity index (χ4n) is 2.47. The number of fused-ring (bicyclic) bond motifs is 1. The molecular weight excluding hydrogens is 274 g/mol. The van der Waals surface area contributed by atoms with Crippen LogP contribution >= 0.6 is 11.6 Å². The van der Waals surface area contributed by atoms with Gasteiger partial charge in [0.05, 0.1) is 5.69 Å². The van der Waals surface area contributed by atoms with Crippen molar-refractivity contribution in [2.45, 2.75) is 13.0 Å². The molecule has 0 aliphatic heterocycles. The Kier molecular flexibility index (Phi) is 3.20. The lowest BCUT2D eigenvalue weighted by Gasteiger charge is -2.13. The summed E-state index contributed by atoms with van der Waals surface area (Å²) in [6.07, 6.45) is 2.62. The van der Waals surface area contributed by atoms with E-state index < -0.39 is 6.10 Å². The molecule has 1 atom stereocenters. The summed E-state index contributed by atoms with van der Waals surface area (Å²) >= 11 is 6.23. The molecule has 0 amide bonds. The second-order valence-corrected chi connectivity index (χ2v) is 5.12. The summed E-state index contributed by atoms with van der Waals surface area (Å²) in [5.74, 6) is 0. The van der Waals surface area contributed by atoms with Crippen molar-refractivity contribution in [1.29, 1.82) is 0 Å². The summed E-state index contributed by atoms with van der Waals surface area (Å²) < 4.78 is 1.56. The number of aryl methyl sites for hydroxylation is 2. The van der Waals surface area contributed by atoms with Gasteiger partial charge >= 0.3 is 0 Å². The quantitative estimate of drug-likeness (QED) is 0.788. The Hall–Kier alpha value is -1.91. The maximum absolute atomic E-state index is 10.7. The van der Waals surface area contributed by atoms with Crippen LogP contribution in [-0.2, 0) is 7.05 Å². The average molecular weight is 288 g/mol. The van der Waals surface area contributed by atoms with Crippen molar-refractivity contribution in [2.75, 3.05) is 0 Å². The van der Waals surface area contributed by atoms with Crippen molar-refractivity contribution in [2.24, 2.45) is 7.05 Å². The van der Waals surface area contributed by atoms with E-state index in [0.29, 0.717) is 10.7 Å². The minimum atomic E-state index is -0.838. The molecule has 5 heteroatoms. The molecule has 0 aliphatic rings. The monoisotopic (exact) mass is 287 g/mol. The molecule has 4 nitrogen and oxygen atoms in total. The molecule has 0 spiro atoms. The van der Waals surface area contributed by atoms with Crippen LogP contribution in [-0.4, -0.2) is 19.9 Å². The average Bonchev–Trinajstić information content (AvgIpc) is 2.71. The first-order chi connectivity index (χ1) is 9.59. The zero-order valence-corrected chi connectivity index (χ0v) is 12.0. The normalized spacial score (nSPS) is 12.8. The minimum absolute atomic E-state index is 0.447. The lowest BCUT2D eigenvalue weighted by Crippen LogP contribution is -2.03. The van der Waals surface area contributed by atoms with E-state index in [1.165, 1.54) is 0 Å². The van der Waals surface area contributed by atoms with Crippen molar-refractivity contribution >= 4 is 22.4 Å². The molecule has 0 fully saturated rings. The maximum atomic E-state index is 10.7. The predicted octanol–water partition coefficient (Wildman–Crippen LogP) is 3.01. The molecule has 2 aromatic heterocycles. The number of halogens is 1. The zero-order chi connectivity index (χ0) is 14.3. The third-order valence-electron chi connectivity index (χ3n) is 3.46. The van der Waals surface area contributed by atoms with E-state index in [2.05, 4.69) is 10.1 Å². The summed E-state index contributed by atoms with van der Waals surface area (Å²) in [5, 5.41) is 17.3. The van der Waals surface area contributed by atoms with Gasteiger partial charge in [0.15, 0.2) is 0 Å². The number of aliphatic hydroxyl groups is 1. The van der Waals surface area contributed by atoms with Gasteiger partial charge in [-0.15, -0.1) is 0 Å². The number of pyridine rings is 1. The molecule has 0 bridgehead atoms. The molecular formula is C15H14ClN3O. The van der Waals surface area contributed by atoms with E-state index in [-0.39, 0.29) is 0 Å². The van der Waals surface area contributed by atoms with Crippen molar-refractivity contribution in [3.05, 3.63) is 58.6 Å². The van der Waals surface area contributed by atoms with Crippen LogP contribution in [0.5, 0.6) is 0 Å². The third-order valence-corrected chi connectivity index (χ3v) is 3.91. The summed E-state index contributed by atoms with van der Waals surface area (Å²) in [5.41, 5.74) is 2.09. The highest BCUT2D eigenvalue weighted by molar-refractivity contribution is 6.30. The second-order valence-electron chi connectivity index (χ2n) is 4.77. The molecule has 20 heavy (non-hydrogen) atoms. The Balaban J connectivity index is 2.20. The standard InChI is InChI=1S/C15H14ClN3O/c1-9-13(15(16)19(2)18-9)14(20)12-8-17-7-10-5-3-4-6-11(10)12/h3-8,14,20H,1-2H3. The molecule has 1 aromatic carbocycles. The minimum Gasteiger partial charge on any atom is -0.383 e. The van der Waals surface area contributed by atoms with Gasteiger partial charge in [-0.25, -0.2) is 0 Å². The van der Waals surface area contributed by atoms with E-state index in [4.69, 9.17) is 11.6 Å². The van der Waals surface area contributed by atoms with E-state index in [1.807, 2.05) is 31.2 Å². The van der Waals surface area contributed by atoms with Gasteiger partial charge in [-0.05, 0) is 12.3 Å². The lowest BCUT2D eigenvalue weighted by molar-refractivity contribution is 0.221. The predicted molar refractivity (Wildman–Crippen MR) is 78.8 cm³/mol. The highest BCUT2D eigenvalue weighted by Gasteiger charge is 2.22. The Morgan fingerprint density at radius 1 is 1.25 bits per heavy atom. The van der Waals surface area contributed by atoms with Gasteiger partial charge < -0.3 is 5.11 Å². The molecule has 3 aromatic rings. The Labute approximate surface area is 121 Å². The molecule has 1 unspecified atom stereocenters. The smallest absolute Gasteiger partial charge is 0.133 e. The number of hydrogen-bond acceptors (Lipinski definition) is 3. The second kappa shape index (κ2) is 4.89. The molecule has 102 valence electrons. The third kappa shape index (κ3) is 1.97. The number of rotatable bonds is 2. The molecule has 0 aliphatic carbocycles. The molecule has 0 radical (unpaired) electrons. The van der Waals surface area contributed by atoms with Crippen LogP contribution < -0.4 is 0 Å². The topological polar surface area (TPSA) is 50.9 Å². The fourth-order valence-corrected chi connectivity index (χ4v) is 2.75. The van der Waals surface area contributed by atoms with Crippen molar-refractivity contribution in [3.8, 4) is 0 Å². The number of nitrogens with zero attached hydrogens (tertiary/aromatic N) is 3. The van der Waals surface area contributed by atoms with Gasteiger partial charge in [-0.2, -0.15) is 5.10 Å². The van der Waals surface area contributed by atoms with Gasteiger partial charge in [0.25, 0.3) is 0 Å². The first-order valence-corrected chi connectivity index (χ1v) is 6.67. The van der Waals surface area contributed by atoms with Gasteiger partial charge in [-0.1, -0.05) is 35.9 Å². The van der Waals surface area contributed by atoms with E-state index >= 15 is 0 Å². The van der Waals surface area contributed by atoms with Crippen molar-refractivity contribution in [3.63, 3.8) is 0 Å². The number of aliphatic hydroxyl groups excluding tert-OH is 1. The Morgan fingerprint density at radius 3 is 2.70 bits per heavy atom. The SMILES string of the molecule is Cc1nn(C)c(Cl)c1C(O)c1cncc2ccccc12. The van der Waals surface area contributed by atoms with Crippen LogP contribution in [0.3, 0.4) is 0 Å². The van der Waals surface area contributed by atoms with Crippen LogP contribution in [0.1, 0.15) is 22.9 Å². The van der Waals surface area contributed by atoms with Crippen LogP contribution in [0, 0.1) is 6.92 Å². The molecule has 3 rings (SSSR count). The largest absolute Gasteiger partial charge is 0.383 e. The number of hydrogen-bond donors (Lipinski definition) is 1. The lowest BCUT2D eigenvalue weighted by atomic mass is 9.99. The summed E-state index contributed by atoms with van der Waals surface area (Å²) in [6, 6.07) is 7.82. The molecule has 2 heterocycles. The van der Waals surface area contributed by atoms with E-state index in [0.717, 1.165) is 22.0 Å². The van der Waals surface area contributed by atoms with Gasteiger partial charge in [0, 0.05) is 36.0 Å². The van der Waals surface area contributed by atoms with Crippen LogP contribution in [0.2, 0.25) is 5.15 Å². The fraction of sp³-hybridized carbons (Fsp3) is 0.200. The number of benzene rings is 1. The Morgan fingerprint density at radius 2 is 2.00 bits per heavy atom. The van der Waals surface area contributed by atoms with Gasteiger partial charge in [0.1, 0.15) is 11.3 Å². The maximum Gasteiger partial charge on any atom is 0.133 e. The van der Waals surface area contributed by atoms with Crippen molar-refractivity contribution in [1.82, 2.24) is 14.8 Å². The summed E-state index contributed by atoms with van der Waals surface area (Å²) in [7, 11) is 1.76. The van der Waals surface area contributed by atoms with E-state index in [9.17, 15) is 5.11 Å². The van der Waals surface area contributed by atoms with Crippen molar-refractivity contribution < 1.29 is 5.11 Å². The summed E-state index contributed by atoms with van der Waals surface area (Å²) in [4.78, 5) is 4.20. The van der Waals surface area contributed by atoms with Gasteiger partial charge in [0.2, 0.25) is 0 Å². The summed E-state index contributed by atoms with van der Waals surface area (Å²) in [6.45, 7) is 1.84. The zero-order valence-electron chi connectivity index (χ0n) is 11.2. The van der Waals surface area contributed by atoms with Crippen LogP contribution in [0.25, 0.3) is 10.8 Å². The highest BCUT2D eigenvalue weighted by Crippen LogP contribution is 2.33. The van der Waals surface area contributed by atoms with Crippen LogP contribution in [0.15, 0.2) is 36.7 Å². The van der Waals surface area contributed by atoms with Crippen LogP contribution in [0.4, 0.5) is 0 Å².